The summed E-state index contributed by atoms with van der Waals surface area (Å²) in [6.45, 7) is 0. The molecule has 48 heavy (non-hydrogen) atoms. The van der Waals surface area contributed by atoms with Crippen molar-refractivity contribution >= 4 is 33.1 Å². The van der Waals surface area contributed by atoms with E-state index in [1.54, 1.807) is 11.6 Å². The van der Waals surface area contributed by atoms with Crippen molar-refractivity contribution < 1.29 is 5.11 Å². The first-order valence-corrected chi connectivity index (χ1v) is 17.1. The first-order chi connectivity index (χ1) is 23.6. The van der Waals surface area contributed by atoms with E-state index in [2.05, 4.69) is 94.9 Å². The van der Waals surface area contributed by atoms with Gasteiger partial charge in [0.25, 0.3) is 0 Å². The highest BCUT2D eigenvalue weighted by atomic mass is 16.3. The molecule has 2 atom stereocenters. The maximum atomic E-state index is 10.8. The minimum absolute atomic E-state index is 0.0427. The molecule has 7 aromatic rings. The van der Waals surface area contributed by atoms with Crippen LogP contribution in [-0.4, -0.2) is 15.1 Å². The summed E-state index contributed by atoms with van der Waals surface area (Å²) in [5.41, 5.74) is 28.0. The van der Waals surface area contributed by atoms with Crippen LogP contribution in [0, 0.1) is 0 Å². The summed E-state index contributed by atoms with van der Waals surface area (Å²) < 4.78 is 0. The molecular weight excluding hydrogens is 587 g/mol. The number of nitrogens with two attached hydrogens (primary N) is 1. The number of anilines is 1. The fourth-order valence-corrected chi connectivity index (χ4v) is 9.46. The van der Waals surface area contributed by atoms with Gasteiger partial charge in [0.15, 0.2) is 0 Å². The number of aromatic nitrogens is 2. The minimum Gasteiger partial charge on any atom is -0.508 e. The van der Waals surface area contributed by atoms with E-state index in [9.17, 15) is 5.11 Å². The van der Waals surface area contributed by atoms with Gasteiger partial charge in [0.1, 0.15) is 5.75 Å². The molecular formula is C44H33N3O. The Labute approximate surface area is 278 Å². The Morgan fingerprint density at radius 2 is 1.29 bits per heavy atom. The largest absolute Gasteiger partial charge is 0.508 e. The third kappa shape index (κ3) is 3.55. The first kappa shape index (κ1) is 26.3. The molecule has 5 aromatic carbocycles. The number of nitrogen functional groups attached to an aromatic ring is 1. The van der Waals surface area contributed by atoms with Crippen LogP contribution in [0.2, 0.25) is 0 Å². The molecule has 0 radical (unpaired) electrons. The fourth-order valence-electron chi connectivity index (χ4n) is 9.46. The number of aromatic amines is 2. The fraction of sp³-hybridized carbons (Fsp3) is 0.136. The average Bonchev–Trinajstić information content (AvgIpc) is 3.86. The van der Waals surface area contributed by atoms with Crippen LogP contribution >= 0.6 is 0 Å². The van der Waals surface area contributed by atoms with Crippen molar-refractivity contribution in [2.45, 2.75) is 37.5 Å². The smallest absolute Gasteiger partial charge is 0.116 e. The quantitative estimate of drug-likeness (QED) is 0.145. The van der Waals surface area contributed by atoms with E-state index in [1.165, 1.54) is 78.0 Å². The molecule has 4 heteroatoms. The number of fused-ring (bicyclic) bond motifs is 11. The van der Waals surface area contributed by atoms with Gasteiger partial charge in [-0.15, -0.1) is 0 Å². The number of nitrogens with one attached hydrogen (secondary N) is 2. The van der Waals surface area contributed by atoms with Crippen molar-refractivity contribution in [3.8, 4) is 16.9 Å². The minimum atomic E-state index is -0.0485. The zero-order valence-corrected chi connectivity index (χ0v) is 26.4. The van der Waals surface area contributed by atoms with Gasteiger partial charge in [0, 0.05) is 38.9 Å². The molecule has 0 saturated heterocycles. The van der Waals surface area contributed by atoms with Gasteiger partial charge in [-0.3, -0.25) is 0 Å². The Bertz CT molecular complexity index is 2600. The second-order valence-corrected chi connectivity index (χ2v) is 14.1. The predicted molar refractivity (Wildman–Crippen MR) is 195 cm³/mol. The summed E-state index contributed by atoms with van der Waals surface area (Å²) in [5.74, 6) is 0.189. The monoisotopic (exact) mass is 619 g/mol. The van der Waals surface area contributed by atoms with E-state index >= 15 is 0 Å². The van der Waals surface area contributed by atoms with Gasteiger partial charge in [-0.2, -0.15) is 0 Å². The number of hydrogen-bond acceptors (Lipinski definition) is 2. The normalized spacial score (nSPS) is 18.5. The molecule has 0 bridgehead atoms. The Hall–Kier alpha value is -5.74. The van der Waals surface area contributed by atoms with Crippen LogP contribution in [-0.2, 0) is 12.8 Å². The van der Waals surface area contributed by atoms with Crippen molar-refractivity contribution in [1.29, 1.82) is 0 Å². The summed E-state index contributed by atoms with van der Waals surface area (Å²) in [5, 5.41) is 13.1. The molecule has 4 nitrogen and oxygen atoms in total. The third-order valence-corrected chi connectivity index (χ3v) is 11.5. The second kappa shape index (κ2) is 9.42. The Morgan fingerprint density at radius 3 is 2.08 bits per heavy atom. The second-order valence-electron chi connectivity index (χ2n) is 14.1. The van der Waals surface area contributed by atoms with Crippen LogP contribution in [0.1, 0.15) is 80.6 Å². The molecule has 0 spiro atoms. The highest BCUT2D eigenvalue weighted by Crippen LogP contribution is 2.54. The van der Waals surface area contributed by atoms with Gasteiger partial charge < -0.3 is 20.8 Å². The van der Waals surface area contributed by atoms with E-state index in [4.69, 9.17) is 5.73 Å². The standard InChI is InChI=1S/C44H33N3O/c45-29-11-15-37-35(21-29)41-39(25-9-13-33-27(19-25)17-23-5-1-3-7-31(23)33)44-42(36-22-30(48)12-16-38(36)47-44)40(43(41)46-37)26-10-14-34-28(20-26)18-24-6-2-4-8-32(24)34/h1,3-5,7-16,19-22,39-40,46-48H,2,6,17-18,45H2. The van der Waals surface area contributed by atoms with Crippen LogP contribution in [0.25, 0.3) is 38.5 Å². The molecule has 0 fully saturated rings. The van der Waals surface area contributed by atoms with E-state index in [1.807, 2.05) is 18.2 Å². The van der Waals surface area contributed by atoms with Crippen LogP contribution in [0.15, 0.2) is 115 Å². The Balaban J connectivity index is 1.18. The lowest BCUT2D eigenvalue weighted by atomic mass is 9.72. The van der Waals surface area contributed by atoms with Crippen LogP contribution < -0.4 is 5.73 Å². The maximum Gasteiger partial charge on any atom is 0.116 e. The topological polar surface area (TPSA) is 77.8 Å². The summed E-state index contributed by atoms with van der Waals surface area (Å²) in [4.78, 5) is 7.84. The Morgan fingerprint density at radius 1 is 0.625 bits per heavy atom. The first-order valence-electron chi connectivity index (χ1n) is 17.1. The lowest BCUT2D eigenvalue weighted by Gasteiger charge is -2.31. The molecule has 2 unspecified atom stereocenters. The van der Waals surface area contributed by atoms with Crippen molar-refractivity contribution in [1.82, 2.24) is 9.97 Å². The zero-order valence-electron chi connectivity index (χ0n) is 26.4. The van der Waals surface area contributed by atoms with Crippen LogP contribution in [0.3, 0.4) is 0 Å². The highest BCUT2D eigenvalue weighted by Gasteiger charge is 2.40. The van der Waals surface area contributed by atoms with E-state index < -0.39 is 0 Å². The molecule has 11 rings (SSSR count). The maximum absolute atomic E-state index is 10.8. The number of hydrogen-bond donors (Lipinski definition) is 4. The van der Waals surface area contributed by atoms with Crippen LogP contribution in [0.4, 0.5) is 5.69 Å². The number of phenolic OH excluding ortho intramolecular Hbond substituents is 1. The lowest BCUT2D eigenvalue weighted by molar-refractivity contribution is 0.476. The summed E-state index contributed by atoms with van der Waals surface area (Å²) in [6, 6.07) is 35.0. The van der Waals surface area contributed by atoms with Gasteiger partial charge in [-0.25, -0.2) is 0 Å². The zero-order chi connectivity index (χ0) is 31.7. The SMILES string of the molecule is Nc1ccc2[nH]c3c(c2c1)C(c1ccc2c(c1)Cc1ccccc1-2)c1[nH]c2ccc(O)cc2c1C3c1ccc2c(c1)CC1=C2C=CCC1. The van der Waals surface area contributed by atoms with Crippen molar-refractivity contribution in [2.75, 3.05) is 5.73 Å². The summed E-state index contributed by atoms with van der Waals surface area (Å²) >= 11 is 0. The van der Waals surface area contributed by atoms with E-state index in [-0.39, 0.29) is 17.6 Å². The molecule has 4 aliphatic rings. The van der Waals surface area contributed by atoms with E-state index in [0.717, 1.165) is 47.8 Å². The highest BCUT2D eigenvalue weighted by molar-refractivity contribution is 5.95. The van der Waals surface area contributed by atoms with Gasteiger partial charge >= 0.3 is 0 Å². The molecule has 230 valence electrons. The molecule has 0 aliphatic heterocycles. The van der Waals surface area contributed by atoms with Crippen molar-refractivity contribution in [2.24, 2.45) is 0 Å². The van der Waals surface area contributed by atoms with Gasteiger partial charge in [0.05, 0.1) is 11.8 Å². The molecule has 5 N–H and O–H groups in total. The number of phenols is 1. The van der Waals surface area contributed by atoms with Crippen molar-refractivity contribution in [3.05, 3.63) is 171 Å². The van der Waals surface area contributed by atoms with Gasteiger partial charge in [0.2, 0.25) is 0 Å². The molecule has 4 aliphatic carbocycles. The van der Waals surface area contributed by atoms with Gasteiger partial charge in [-0.1, -0.05) is 78.4 Å². The Kier molecular flexibility index (Phi) is 5.17. The number of allylic oxidation sites excluding steroid dienone is 4. The summed E-state index contributed by atoms with van der Waals surface area (Å²) in [7, 11) is 0. The van der Waals surface area contributed by atoms with E-state index in [0.29, 0.717) is 0 Å². The number of rotatable bonds is 2. The summed E-state index contributed by atoms with van der Waals surface area (Å²) in [6.07, 6.45) is 8.87. The molecule has 2 aromatic heterocycles. The third-order valence-electron chi connectivity index (χ3n) is 11.5. The average molecular weight is 620 g/mol. The molecule has 2 heterocycles. The van der Waals surface area contributed by atoms with Crippen LogP contribution in [0.5, 0.6) is 5.75 Å². The number of aromatic hydroxyl groups is 1. The molecule has 0 saturated carbocycles. The number of H-pyrrole nitrogens is 2. The van der Waals surface area contributed by atoms with Crippen molar-refractivity contribution in [3.63, 3.8) is 0 Å². The predicted octanol–water partition coefficient (Wildman–Crippen LogP) is 9.84. The lowest BCUT2D eigenvalue weighted by Crippen LogP contribution is -2.19. The number of benzene rings is 5. The van der Waals surface area contributed by atoms with Gasteiger partial charge in [-0.05, 0) is 123 Å². The molecule has 0 amide bonds.